The first kappa shape index (κ1) is 13.4. The number of hydrogen-bond donors (Lipinski definition) is 1. The third-order valence-corrected chi connectivity index (χ3v) is 3.53. The molecule has 1 N–H and O–H groups in total. The van der Waals surface area contributed by atoms with Crippen LogP contribution in [-0.2, 0) is 0 Å². The Balaban J connectivity index is 2.88. The maximum Gasteiger partial charge on any atom is 0.269 e. The topological polar surface area (TPSA) is 54.9 Å². The molecule has 0 atom stereocenters. The van der Waals surface area contributed by atoms with E-state index < -0.39 is 0 Å². The highest BCUT2D eigenvalue weighted by atomic mass is 127. The third kappa shape index (κ3) is 2.26. The lowest BCUT2D eigenvalue weighted by molar-refractivity contribution is 0.0848. The second-order valence-electron chi connectivity index (χ2n) is 4.25. The van der Waals surface area contributed by atoms with Crippen molar-refractivity contribution in [1.82, 2.24) is 9.55 Å². The molecule has 1 aromatic carbocycles. The van der Waals surface area contributed by atoms with Crippen LogP contribution in [0.5, 0.6) is 0 Å². The molecule has 1 aromatic heterocycles. The van der Waals surface area contributed by atoms with Gasteiger partial charge in [-0.05, 0) is 53.0 Å². The molecule has 0 aliphatic rings. The van der Waals surface area contributed by atoms with Crippen molar-refractivity contribution >= 4 is 51.6 Å². The van der Waals surface area contributed by atoms with Gasteiger partial charge in [0.25, 0.3) is 5.56 Å². The van der Waals surface area contributed by atoms with Crippen LogP contribution in [0.2, 0.25) is 0 Å². The highest BCUT2D eigenvalue weighted by Gasteiger charge is 2.15. The Bertz CT molecular complexity index is 746. The second-order valence-corrected chi connectivity index (χ2v) is 5.89. The second kappa shape index (κ2) is 4.93. The van der Waals surface area contributed by atoms with Gasteiger partial charge in [-0.2, -0.15) is 0 Å². The number of fused-ring (bicyclic) bond motifs is 1. The molecule has 6 heteroatoms. The highest BCUT2D eigenvalue weighted by Crippen LogP contribution is 2.12. The predicted molar refractivity (Wildman–Crippen MR) is 81.6 cm³/mol. The smallest absolute Gasteiger partial charge is 0.269 e. The lowest BCUT2D eigenvalue weighted by atomic mass is 10.2. The van der Waals surface area contributed by atoms with Crippen molar-refractivity contribution in [2.75, 3.05) is 0 Å². The number of benzene rings is 1. The van der Waals surface area contributed by atoms with Crippen molar-refractivity contribution in [3.8, 4) is 0 Å². The molecule has 0 unspecified atom stereocenters. The van der Waals surface area contributed by atoms with E-state index in [-0.39, 0.29) is 22.2 Å². The summed E-state index contributed by atoms with van der Waals surface area (Å²) in [4.78, 5) is 27.2. The molecule has 0 bridgehead atoms. The molecule has 0 aliphatic carbocycles. The van der Waals surface area contributed by atoms with Crippen molar-refractivity contribution in [2.45, 2.75) is 13.8 Å². The normalized spacial score (nSPS) is 11.1. The maximum atomic E-state index is 12.3. The fourth-order valence-electron chi connectivity index (χ4n) is 1.64. The molecule has 0 radical (unpaired) electrons. The van der Waals surface area contributed by atoms with E-state index in [4.69, 9.17) is 12.2 Å². The number of halogens is 1. The van der Waals surface area contributed by atoms with E-state index in [1.807, 2.05) is 6.07 Å². The van der Waals surface area contributed by atoms with Crippen LogP contribution in [0, 0.1) is 14.3 Å². The number of aromatic nitrogens is 2. The van der Waals surface area contributed by atoms with E-state index in [1.165, 1.54) is 0 Å². The molecule has 2 aromatic rings. The molecule has 0 fully saturated rings. The minimum Gasteiger partial charge on any atom is -0.331 e. The van der Waals surface area contributed by atoms with Crippen LogP contribution in [0.15, 0.2) is 23.0 Å². The third-order valence-electron chi connectivity index (χ3n) is 2.57. The summed E-state index contributed by atoms with van der Waals surface area (Å²) in [6.45, 7) is 3.48. The van der Waals surface area contributed by atoms with Crippen molar-refractivity contribution in [3.05, 3.63) is 36.9 Å². The van der Waals surface area contributed by atoms with Gasteiger partial charge in [-0.15, -0.1) is 0 Å². The number of carbonyl (C=O) groups excluding carboxylic acids is 1. The molecule has 0 aliphatic heterocycles. The van der Waals surface area contributed by atoms with E-state index in [0.29, 0.717) is 10.9 Å². The summed E-state index contributed by atoms with van der Waals surface area (Å²) < 4.78 is 2.12. The van der Waals surface area contributed by atoms with Gasteiger partial charge < -0.3 is 4.98 Å². The number of carbonyl (C=O) groups is 1. The Hall–Kier alpha value is -1.02. The minimum absolute atomic E-state index is 0.146. The number of hydrogen-bond acceptors (Lipinski definition) is 3. The SMILES string of the molecule is CC(C)C(=O)n1c(=S)[nH]c2ccc(I)cc2c1=O. The standard InChI is InChI=1S/C12H11IN2O2S/c1-6(2)10(16)15-11(17)8-5-7(13)3-4-9(8)14-12(15)18/h3-6H,1-2H3,(H,14,18). The van der Waals surface area contributed by atoms with E-state index in [0.717, 1.165) is 8.14 Å². The minimum atomic E-state index is -0.356. The number of aromatic amines is 1. The van der Waals surface area contributed by atoms with Gasteiger partial charge in [0.15, 0.2) is 4.77 Å². The average molecular weight is 374 g/mol. The molecule has 18 heavy (non-hydrogen) atoms. The Morgan fingerprint density at radius 2 is 2.11 bits per heavy atom. The van der Waals surface area contributed by atoms with Crippen molar-refractivity contribution in [1.29, 1.82) is 0 Å². The van der Waals surface area contributed by atoms with Crippen LogP contribution in [0.1, 0.15) is 18.6 Å². The fraction of sp³-hybridized carbons (Fsp3) is 0.250. The Morgan fingerprint density at radius 3 is 2.72 bits per heavy atom. The summed E-state index contributed by atoms with van der Waals surface area (Å²) in [7, 11) is 0. The molecule has 94 valence electrons. The lowest BCUT2D eigenvalue weighted by Gasteiger charge is -2.09. The van der Waals surface area contributed by atoms with Crippen LogP contribution in [0.4, 0.5) is 0 Å². The Kier molecular flexibility index (Phi) is 3.67. The van der Waals surface area contributed by atoms with Gasteiger partial charge in [0.2, 0.25) is 5.91 Å². The summed E-state index contributed by atoms with van der Waals surface area (Å²) in [5.41, 5.74) is 0.296. The van der Waals surface area contributed by atoms with Gasteiger partial charge in [0, 0.05) is 9.49 Å². The summed E-state index contributed by atoms with van der Waals surface area (Å²) in [5.74, 6) is -0.569. The van der Waals surface area contributed by atoms with Crippen LogP contribution in [-0.4, -0.2) is 15.5 Å². The molecule has 0 spiro atoms. The zero-order chi connectivity index (χ0) is 13.4. The molecule has 0 saturated carbocycles. The van der Waals surface area contributed by atoms with Crippen molar-refractivity contribution in [3.63, 3.8) is 0 Å². The molecule has 0 amide bonds. The quantitative estimate of drug-likeness (QED) is 0.617. The Morgan fingerprint density at radius 1 is 1.44 bits per heavy atom. The first-order chi connectivity index (χ1) is 8.41. The van der Waals surface area contributed by atoms with Crippen LogP contribution < -0.4 is 5.56 Å². The van der Waals surface area contributed by atoms with Crippen molar-refractivity contribution in [2.24, 2.45) is 5.92 Å². The zero-order valence-corrected chi connectivity index (χ0v) is 12.8. The first-order valence-corrected chi connectivity index (χ1v) is 6.89. The fourth-order valence-corrected chi connectivity index (χ4v) is 2.42. The van der Waals surface area contributed by atoms with Gasteiger partial charge in [0.1, 0.15) is 0 Å². The van der Waals surface area contributed by atoms with Crippen LogP contribution >= 0.6 is 34.8 Å². The molecule has 0 saturated heterocycles. The van der Waals surface area contributed by atoms with E-state index in [1.54, 1.807) is 26.0 Å². The van der Waals surface area contributed by atoms with Crippen LogP contribution in [0.25, 0.3) is 10.9 Å². The first-order valence-electron chi connectivity index (χ1n) is 5.40. The predicted octanol–water partition coefficient (Wildman–Crippen LogP) is 2.96. The van der Waals surface area contributed by atoms with Crippen LogP contribution in [0.3, 0.4) is 0 Å². The van der Waals surface area contributed by atoms with E-state index in [2.05, 4.69) is 27.6 Å². The molecule has 2 rings (SSSR count). The summed E-state index contributed by atoms with van der Waals surface area (Å²) in [6, 6.07) is 5.41. The van der Waals surface area contributed by atoms with Gasteiger partial charge >= 0.3 is 0 Å². The maximum absolute atomic E-state index is 12.3. The number of nitrogens with one attached hydrogen (secondary N) is 1. The largest absolute Gasteiger partial charge is 0.331 e. The monoisotopic (exact) mass is 374 g/mol. The summed E-state index contributed by atoms with van der Waals surface area (Å²) in [6.07, 6.45) is 0. The van der Waals surface area contributed by atoms with Gasteiger partial charge in [-0.1, -0.05) is 13.8 Å². The molecular weight excluding hydrogens is 363 g/mol. The zero-order valence-electron chi connectivity index (χ0n) is 9.86. The van der Waals surface area contributed by atoms with Gasteiger partial charge in [-0.25, -0.2) is 4.57 Å². The number of nitrogens with zero attached hydrogens (tertiary/aromatic N) is 1. The highest BCUT2D eigenvalue weighted by molar-refractivity contribution is 14.1. The number of H-pyrrole nitrogens is 1. The van der Waals surface area contributed by atoms with E-state index >= 15 is 0 Å². The van der Waals surface area contributed by atoms with Gasteiger partial charge in [0.05, 0.1) is 10.9 Å². The average Bonchev–Trinajstić information content (AvgIpc) is 2.30. The van der Waals surface area contributed by atoms with Crippen molar-refractivity contribution < 1.29 is 4.79 Å². The lowest BCUT2D eigenvalue weighted by Crippen LogP contribution is -2.31. The molecule has 4 nitrogen and oxygen atoms in total. The Labute approximate surface area is 122 Å². The van der Waals surface area contributed by atoms with Gasteiger partial charge in [-0.3, -0.25) is 9.59 Å². The summed E-state index contributed by atoms with van der Waals surface area (Å²) >= 11 is 7.20. The molecular formula is C12H11IN2O2S. The summed E-state index contributed by atoms with van der Waals surface area (Å²) in [5, 5.41) is 0.476. The number of rotatable bonds is 1. The molecule has 1 heterocycles. The van der Waals surface area contributed by atoms with E-state index in [9.17, 15) is 9.59 Å².